The minimum Gasteiger partial charge on any atom is -0.468 e. The molecule has 1 fully saturated rings. The van der Waals surface area contributed by atoms with Crippen LogP contribution in [0.15, 0.2) is 36.4 Å². The minimum absolute atomic E-state index is 0.264. The van der Waals surface area contributed by atoms with Gasteiger partial charge < -0.3 is 9.47 Å². The van der Waals surface area contributed by atoms with Gasteiger partial charge in [-0.1, -0.05) is 18.7 Å². The monoisotopic (exact) mass is 320 g/mol. The van der Waals surface area contributed by atoms with Gasteiger partial charge in [0, 0.05) is 5.57 Å². The molecule has 0 radical (unpaired) electrons. The summed E-state index contributed by atoms with van der Waals surface area (Å²) in [6.45, 7) is 6.97. The van der Waals surface area contributed by atoms with Gasteiger partial charge in [-0.05, 0) is 44.4 Å². The average Bonchev–Trinajstić information content (AvgIpc) is 2.54. The van der Waals surface area contributed by atoms with Crippen LogP contribution in [-0.4, -0.2) is 31.1 Å². The molecule has 0 spiro atoms. The lowest BCUT2D eigenvalue weighted by Gasteiger charge is -2.41. The summed E-state index contributed by atoms with van der Waals surface area (Å²) in [6.07, 6.45) is -0.219. The summed E-state index contributed by atoms with van der Waals surface area (Å²) < 4.78 is 23.9. The summed E-state index contributed by atoms with van der Waals surface area (Å²) in [5.74, 6) is -1.31. The minimum atomic E-state index is -1.42. The van der Waals surface area contributed by atoms with E-state index in [0.717, 1.165) is 5.56 Å². The van der Waals surface area contributed by atoms with Gasteiger partial charge in [-0.15, -0.1) is 0 Å². The molecular weight excluding hydrogens is 299 g/mol. The molecule has 23 heavy (non-hydrogen) atoms. The zero-order chi connectivity index (χ0) is 17.2. The molecule has 1 aromatic carbocycles. The second-order valence-corrected chi connectivity index (χ2v) is 5.98. The second-order valence-electron chi connectivity index (χ2n) is 5.98. The molecule has 4 nitrogen and oxygen atoms in total. The highest BCUT2D eigenvalue weighted by atomic mass is 19.1. The van der Waals surface area contributed by atoms with E-state index in [1.54, 1.807) is 19.1 Å². The lowest BCUT2D eigenvalue weighted by Crippen LogP contribution is -2.55. The van der Waals surface area contributed by atoms with Crippen molar-refractivity contribution in [2.75, 3.05) is 7.11 Å². The van der Waals surface area contributed by atoms with Gasteiger partial charge in [0.15, 0.2) is 11.2 Å². The summed E-state index contributed by atoms with van der Waals surface area (Å²) in [5, 5.41) is 0. The summed E-state index contributed by atoms with van der Waals surface area (Å²) in [5.41, 5.74) is -0.378. The normalized spacial score (nSPS) is 27.8. The van der Waals surface area contributed by atoms with Gasteiger partial charge in [0.05, 0.1) is 19.3 Å². The predicted octanol–water partition coefficient (Wildman–Crippen LogP) is 2.85. The zero-order valence-corrected chi connectivity index (χ0v) is 13.6. The van der Waals surface area contributed by atoms with Gasteiger partial charge in [0.1, 0.15) is 5.82 Å². The first-order valence-electron chi connectivity index (χ1n) is 7.52. The standard InChI is InChI=1S/C18H21FO4/c1-11-12(2)23-15(18(3,16(11)20)17(21)22-4)9-8-13-6-5-7-14(19)10-13/h5-7,10,12,15H,1,8-9H2,2-4H3/t12-,15?,18-/m1/s1. The number of hydrogen-bond acceptors (Lipinski definition) is 4. The van der Waals surface area contributed by atoms with Gasteiger partial charge in [-0.3, -0.25) is 9.59 Å². The Kier molecular flexibility index (Phi) is 5.00. The van der Waals surface area contributed by atoms with Crippen molar-refractivity contribution >= 4 is 11.8 Å². The van der Waals surface area contributed by atoms with Crippen LogP contribution in [0, 0.1) is 11.2 Å². The summed E-state index contributed by atoms with van der Waals surface area (Å²) in [6, 6.07) is 6.23. The summed E-state index contributed by atoms with van der Waals surface area (Å²) in [4.78, 5) is 24.8. The molecule has 1 saturated heterocycles. The van der Waals surface area contributed by atoms with E-state index in [9.17, 15) is 14.0 Å². The molecule has 3 atom stereocenters. The molecule has 0 saturated carbocycles. The van der Waals surface area contributed by atoms with E-state index in [0.29, 0.717) is 12.8 Å². The van der Waals surface area contributed by atoms with E-state index in [-0.39, 0.29) is 17.2 Å². The number of esters is 1. The number of ketones is 1. The molecule has 0 aromatic heterocycles. The Morgan fingerprint density at radius 1 is 1.48 bits per heavy atom. The molecule has 2 rings (SSSR count). The van der Waals surface area contributed by atoms with Crippen molar-refractivity contribution in [3.63, 3.8) is 0 Å². The van der Waals surface area contributed by atoms with E-state index in [2.05, 4.69) is 6.58 Å². The lowest BCUT2D eigenvalue weighted by molar-refractivity contribution is -0.175. The van der Waals surface area contributed by atoms with Crippen LogP contribution in [0.3, 0.4) is 0 Å². The maximum atomic E-state index is 13.3. The van der Waals surface area contributed by atoms with Crippen molar-refractivity contribution in [2.45, 2.75) is 38.9 Å². The molecule has 1 unspecified atom stereocenters. The van der Waals surface area contributed by atoms with E-state index >= 15 is 0 Å². The molecule has 124 valence electrons. The maximum Gasteiger partial charge on any atom is 0.322 e. The van der Waals surface area contributed by atoms with Crippen LogP contribution in [0.2, 0.25) is 0 Å². The highest BCUT2D eigenvalue weighted by Crippen LogP contribution is 2.39. The van der Waals surface area contributed by atoms with Crippen molar-refractivity contribution in [1.82, 2.24) is 0 Å². The third kappa shape index (κ3) is 3.20. The Labute approximate surface area is 135 Å². The van der Waals surface area contributed by atoms with Crippen molar-refractivity contribution in [3.05, 3.63) is 47.8 Å². The van der Waals surface area contributed by atoms with Crippen LogP contribution in [-0.2, 0) is 25.5 Å². The number of hydrogen-bond donors (Lipinski definition) is 0. The van der Waals surface area contributed by atoms with E-state index in [4.69, 9.17) is 9.47 Å². The first-order chi connectivity index (χ1) is 10.8. The number of Topliss-reactive ketones (excluding diaryl/α,β-unsaturated/α-hetero) is 1. The fraction of sp³-hybridized carbons (Fsp3) is 0.444. The van der Waals surface area contributed by atoms with E-state index < -0.39 is 23.6 Å². The molecular formula is C18H21FO4. The number of benzene rings is 1. The van der Waals surface area contributed by atoms with Gasteiger partial charge in [-0.2, -0.15) is 0 Å². The molecule has 1 aliphatic heterocycles. The molecule has 0 amide bonds. The third-order valence-corrected chi connectivity index (χ3v) is 4.46. The summed E-state index contributed by atoms with van der Waals surface area (Å²) >= 11 is 0. The molecule has 1 aliphatic rings. The van der Waals surface area contributed by atoms with E-state index in [1.807, 2.05) is 0 Å². The fourth-order valence-electron chi connectivity index (χ4n) is 2.91. The molecule has 5 heteroatoms. The zero-order valence-electron chi connectivity index (χ0n) is 13.6. The molecule has 0 N–H and O–H groups in total. The topological polar surface area (TPSA) is 52.6 Å². The first kappa shape index (κ1) is 17.3. The van der Waals surface area contributed by atoms with E-state index in [1.165, 1.54) is 26.2 Å². The second kappa shape index (κ2) is 6.62. The van der Waals surface area contributed by atoms with Crippen LogP contribution in [0.5, 0.6) is 0 Å². The van der Waals surface area contributed by atoms with Gasteiger partial charge in [0.25, 0.3) is 0 Å². The number of halogens is 1. The van der Waals surface area contributed by atoms with Crippen molar-refractivity contribution < 1.29 is 23.5 Å². The molecule has 1 aromatic rings. The first-order valence-corrected chi connectivity index (χ1v) is 7.52. The number of methoxy groups -OCH3 is 1. The average molecular weight is 320 g/mol. The Bertz CT molecular complexity index is 640. The van der Waals surface area contributed by atoms with Gasteiger partial charge in [-0.25, -0.2) is 4.39 Å². The number of carbonyl (C=O) groups is 2. The maximum absolute atomic E-state index is 13.3. The Morgan fingerprint density at radius 2 is 2.17 bits per heavy atom. The van der Waals surface area contributed by atoms with Crippen LogP contribution in [0.25, 0.3) is 0 Å². The van der Waals surface area contributed by atoms with Crippen LogP contribution >= 0.6 is 0 Å². The lowest BCUT2D eigenvalue weighted by atomic mass is 9.72. The Balaban J connectivity index is 2.24. The highest BCUT2D eigenvalue weighted by molar-refractivity contribution is 6.13. The largest absolute Gasteiger partial charge is 0.468 e. The van der Waals surface area contributed by atoms with Crippen molar-refractivity contribution in [3.8, 4) is 0 Å². The smallest absolute Gasteiger partial charge is 0.322 e. The quantitative estimate of drug-likeness (QED) is 0.486. The molecule has 0 bridgehead atoms. The highest BCUT2D eigenvalue weighted by Gasteiger charge is 2.54. The summed E-state index contributed by atoms with van der Waals surface area (Å²) in [7, 11) is 1.24. The van der Waals surface area contributed by atoms with Crippen molar-refractivity contribution in [2.24, 2.45) is 5.41 Å². The third-order valence-electron chi connectivity index (χ3n) is 4.46. The number of rotatable bonds is 4. The Morgan fingerprint density at radius 3 is 2.78 bits per heavy atom. The van der Waals surface area contributed by atoms with Crippen LogP contribution < -0.4 is 0 Å². The van der Waals surface area contributed by atoms with Crippen LogP contribution in [0.1, 0.15) is 25.8 Å². The van der Waals surface area contributed by atoms with Crippen LogP contribution in [0.4, 0.5) is 4.39 Å². The molecule has 0 aliphatic carbocycles. The van der Waals surface area contributed by atoms with Gasteiger partial charge in [0.2, 0.25) is 0 Å². The number of aryl methyl sites for hydroxylation is 1. The van der Waals surface area contributed by atoms with Crippen molar-refractivity contribution in [1.29, 1.82) is 0 Å². The molecule has 1 heterocycles. The Hall–Kier alpha value is -2.01. The SMILES string of the molecule is C=C1C(=O)[C@](C)(C(=O)OC)C(CCc2cccc(F)c2)O[C@@H]1C. The van der Waals surface area contributed by atoms with Gasteiger partial charge >= 0.3 is 5.97 Å². The predicted molar refractivity (Wildman–Crippen MR) is 83.3 cm³/mol. The fourth-order valence-corrected chi connectivity index (χ4v) is 2.91. The number of carbonyl (C=O) groups excluding carboxylic acids is 2. The number of ether oxygens (including phenoxy) is 2.